The number of aliphatic imine (C=N–C) groups is 1. The second kappa shape index (κ2) is 12.7. The Balaban J connectivity index is 0.00000420. The molecule has 0 saturated carbocycles. The monoisotopic (exact) mass is 515 g/mol. The minimum atomic E-state index is 0. The number of nitrogens with zero attached hydrogens (tertiary/aromatic N) is 3. The maximum Gasteiger partial charge on any atom is 0.191 e. The topological polar surface area (TPSA) is 42.9 Å². The molecule has 5 nitrogen and oxygen atoms in total. The molecule has 0 amide bonds. The summed E-state index contributed by atoms with van der Waals surface area (Å²) in [6, 6.07) is 9.49. The summed E-state index contributed by atoms with van der Waals surface area (Å²) in [7, 11) is 2.20. The highest BCUT2D eigenvalue weighted by molar-refractivity contribution is 14.0. The van der Waals surface area contributed by atoms with Crippen molar-refractivity contribution in [2.75, 3.05) is 52.9 Å². The van der Waals surface area contributed by atoms with Gasteiger partial charge in [0.1, 0.15) is 0 Å². The van der Waals surface area contributed by atoms with E-state index in [1.54, 1.807) is 0 Å². The number of benzene rings is 1. The highest BCUT2D eigenvalue weighted by atomic mass is 127. The quantitative estimate of drug-likeness (QED) is 0.317. The first-order chi connectivity index (χ1) is 13.4. The van der Waals surface area contributed by atoms with Gasteiger partial charge in [-0.25, -0.2) is 0 Å². The average Bonchev–Trinajstić information content (AvgIpc) is 2.70. The molecule has 0 radical (unpaired) electrons. The van der Waals surface area contributed by atoms with E-state index >= 15 is 0 Å². The van der Waals surface area contributed by atoms with E-state index in [1.807, 2.05) is 0 Å². The van der Waals surface area contributed by atoms with E-state index in [0.717, 1.165) is 58.2 Å². The SMILES string of the molecule is CCNC(=NCC(C)(C)c1ccc(CC)cc1)NCC(C)N1CCN(C)CC1.I. The van der Waals surface area contributed by atoms with Crippen molar-refractivity contribution in [1.82, 2.24) is 20.4 Å². The number of likely N-dealkylation sites (N-methyl/N-ethyl adjacent to an activating group) is 1. The summed E-state index contributed by atoms with van der Waals surface area (Å²) in [4.78, 5) is 9.87. The van der Waals surface area contributed by atoms with Gasteiger partial charge in [0.05, 0.1) is 6.54 Å². The fraction of sp³-hybridized carbons (Fsp3) is 0.696. The predicted molar refractivity (Wildman–Crippen MR) is 137 cm³/mol. The van der Waals surface area contributed by atoms with Crippen molar-refractivity contribution in [2.24, 2.45) is 4.99 Å². The first-order valence-electron chi connectivity index (χ1n) is 10.9. The van der Waals surface area contributed by atoms with Gasteiger partial charge >= 0.3 is 0 Å². The normalized spacial score (nSPS) is 17.5. The second-order valence-electron chi connectivity index (χ2n) is 8.70. The molecule has 1 aromatic carbocycles. The molecule has 1 atom stereocenters. The van der Waals surface area contributed by atoms with E-state index in [9.17, 15) is 0 Å². The van der Waals surface area contributed by atoms with Crippen molar-refractivity contribution >= 4 is 29.9 Å². The molecular weight excluding hydrogens is 473 g/mol. The fourth-order valence-corrected chi connectivity index (χ4v) is 3.54. The van der Waals surface area contributed by atoms with Gasteiger partial charge in [0.25, 0.3) is 0 Å². The molecule has 0 aromatic heterocycles. The molecule has 1 unspecified atom stereocenters. The number of halogens is 1. The lowest BCUT2D eigenvalue weighted by Gasteiger charge is -2.36. The Hall–Kier alpha value is -0.860. The van der Waals surface area contributed by atoms with Crippen molar-refractivity contribution < 1.29 is 0 Å². The third-order valence-electron chi connectivity index (χ3n) is 5.85. The molecular formula is C23H42IN5. The van der Waals surface area contributed by atoms with Gasteiger partial charge in [0, 0.05) is 50.7 Å². The molecule has 0 spiro atoms. The third-order valence-corrected chi connectivity index (χ3v) is 5.85. The molecule has 29 heavy (non-hydrogen) atoms. The molecule has 1 aliphatic heterocycles. The van der Waals surface area contributed by atoms with Crippen LogP contribution in [0.3, 0.4) is 0 Å². The van der Waals surface area contributed by atoms with Crippen LogP contribution >= 0.6 is 24.0 Å². The number of nitrogens with one attached hydrogen (secondary N) is 2. The lowest BCUT2D eigenvalue weighted by molar-refractivity contribution is 0.120. The van der Waals surface area contributed by atoms with Gasteiger partial charge in [0.15, 0.2) is 5.96 Å². The highest BCUT2D eigenvalue weighted by Gasteiger charge is 2.21. The molecule has 1 fully saturated rings. The third kappa shape index (κ3) is 8.42. The van der Waals surface area contributed by atoms with Gasteiger partial charge in [-0.05, 0) is 38.4 Å². The Morgan fingerprint density at radius 1 is 1.07 bits per heavy atom. The Morgan fingerprint density at radius 3 is 2.24 bits per heavy atom. The van der Waals surface area contributed by atoms with Gasteiger partial charge < -0.3 is 15.5 Å². The fourth-order valence-electron chi connectivity index (χ4n) is 3.54. The Morgan fingerprint density at radius 2 is 1.69 bits per heavy atom. The summed E-state index contributed by atoms with van der Waals surface area (Å²) in [6.07, 6.45) is 1.08. The molecule has 166 valence electrons. The molecule has 1 aromatic rings. The first kappa shape index (κ1) is 26.2. The van der Waals surface area contributed by atoms with Gasteiger partial charge in [-0.15, -0.1) is 24.0 Å². The van der Waals surface area contributed by atoms with Gasteiger partial charge in [-0.3, -0.25) is 9.89 Å². The maximum absolute atomic E-state index is 4.90. The molecule has 0 bridgehead atoms. The van der Waals surface area contributed by atoms with Crippen molar-refractivity contribution in [3.63, 3.8) is 0 Å². The minimum Gasteiger partial charge on any atom is -0.357 e. The van der Waals surface area contributed by atoms with Crippen LogP contribution < -0.4 is 10.6 Å². The van der Waals surface area contributed by atoms with Gasteiger partial charge in [0.2, 0.25) is 0 Å². The summed E-state index contributed by atoms with van der Waals surface area (Å²) in [6.45, 7) is 18.3. The molecule has 1 aliphatic rings. The molecule has 6 heteroatoms. The Kier molecular flexibility index (Phi) is 11.5. The zero-order valence-electron chi connectivity index (χ0n) is 19.3. The van der Waals surface area contributed by atoms with Crippen LogP contribution in [0.15, 0.2) is 29.3 Å². The maximum atomic E-state index is 4.90. The van der Waals surface area contributed by atoms with Crippen molar-refractivity contribution in [3.8, 4) is 0 Å². The van der Waals surface area contributed by atoms with E-state index in [1.165, 1.54) is 11.1 Å². The Labute approximate surface area is 195 Å². The smallest absolute Gasteiger partial charge is 0.191 e. The van der Waals surface area contributed by atoms with Gasteiger partial charge in [-0.1, -0.05) is 45.0 Å². The van der Waals surface area contributed by atoms with E-state index in [2.05, 4.69) is 86.4 Å². The van der Waals surface area contributed by atoms with E-state index in [-0.39, 0.29) is 29.4 Å². The van der Waals surface area contributed by atoms with E-state index in [0.29, 0.717) is 6.04 Å². The van der Waals surface area contributed by atoms with Crippen molar-refractivity contribution in [1.29, 1.82) is 0 Å². The largest absolute Gasteiger partial charge is 0.357 e. The molecule has 0 aliphatic carbocycles. The van der Waals surface area contributed by atoms with Gasteiger partial charge in [-0.2, -0.15) is 0 Å². The van der Waals surface area contributed by atoms with Crippen molar-refractivity contribution in [3.05, 3.63) is 35.4 Å². The number of hydrogen-bond donors (Lipinski definition) is 2. The van der Waals surface area contributed by atoms with Crippen LogP contribution in [0, 0.1) is 0 Å². The standard InChI is InChI=1S/C23H41N5.HI/c1-7-20-9-11-21(12-10-20)23(4,5)18-26-22(24-8-2)25-17-19(3)28-15-13-27(6)14-16-28;/h9-12,19H,7-8,13-18H2,1-6H3,(H2,24,25,26);1H. The zero-order valence-corrected chi connectivity index (χ0v) is 21.6. The summed E-state index contributed by atoms with van der Waals surface area (Å²) in [5.74, 6) is 0.918. The van der Waals surface area contributed by atoms with Crippen LogP contribution in [0.5, 0.6) is 0 Å². The Bertz CT molecular complexity index is 606. The second-order valence-corrected chi connectivity index (χ2v) is 8.70. The molecule has 1 saturated heterocycles. The van der Waals surface area contributed by atoms with Crippen LogP contribution in [0.2, 0.25) is 0 Å². The van der Waals surface area contributed by atoms with Crippen LogP contribution in [-0.4, -0.2) is 74.7 Å². The van der Waals surface area contributed by atoms with E-state index < -0.39 is 0 Å². The number of hydrogen-bond acceptors (Lipinski definition) is 3. The predicted octanol–water partition coefficient (Wildman–Crippen LogP) is 3.34. The summed E-state index contributed by atoms with van der Waals surface area (Å²) >= 11 is 0. The summed E-state index contributed by atoms with van der Waals surface area (Å²) in [5, 5.41) is 6.96. The summed E-state index contributed by atoms with van der Waals surface area (Å²) < 4.78 is 0. The van der Waals surface area contributed by atoms with Crippen LogP contribution in [-0.2, 0) is 11.8 Å². The molecule has 2 rings (SSSR count). The van der Waals surface area contributed by atoms with Crippen molar-refractivity contribution in [2.45, 2.75) is 52.5 Å². The molecule has 2 N–H and O–H groups in total. The number of guanidine groups is 1. The lowest BCUT2D eigenvalue weighted by Crippen LogP contribution is -2.52. The van der Waals surface area contributed by atoms with Crippen LogP contribution in [0.25, 0.3) is 0 Å². The first-order valence-corrected chi connectivity index (χ1v) is 10.9. The minimum absolute atomic E-state index is 0. The molecule has 1 heterocycles. The highest BCUT2D eigenvalue weighted by Crippen LogP contribution is 2.24. The lowest BCUT2D eigenvalue weighted by atomic mass is 9.84. The average molecular weight is 516 g/mol. The van der Waals surface area contributed by atoms with Crippen LogP contribution in [0.1, 0.15) is 45.7 Å². The number of piperazine rings is 1. The zero-order chi connectivity index (χ0) is 20.6. The van der Waals surface area contributed by atoms with Crippen LogP contribution in [0.4, 0.5) is 0 Å². The summed E-state index contributed by atoms with van der Waals surface area (Å²) in [5.41, 5.74) is 2.74. The number of rotatable bonds is 8. The van der Waals surface area contributed by atoms with E-state index in [4.69, 9.17) is 4.99 Å². The number of aryl methyl sites for hydroxylation is 1.